The fourth-order valence-corrected chi connectivity index (χ4v) is 5.49. The molecule has 1 unspecified atom stereocenters. The van der Waals surface area contributed by atoms with Gasteiger partial charge in [0.1, 0.15) is 30.1 Å². The van der Waals surface area contributed by atoms with E-state index in [1.54, 1.807) is 6.33 Å². The number of nitrogens with two attached hydrogens (primary N) is 1. The van der Waals surface area contributed by atoms with Gasteiger partial charge in [-0.1, -0.05) is 12.1 Å². The van der Waals surface area contributed by atoms with E-state index in [2.05, 4.69) is 37.8 Å². The lowest BCUT2D eigenvalue weighted by Crippen LogP contribution is -2.43. The van der Waals surface area contributed by atoms with Crippen LogP contribution in [-0.4, -0.2) is 58.4 Å². The van der Waals surface area contributed by atoms with Crippen LogP contribution < -0.4 is 10.5 Å². The lowest BCUT2D eigenvalue weighted by atomic mass is 9.79. The van der Waals surface area contributed by atoms with Crippen LogP contribution in [0.4, 0.5) is 5.82 Å². The Kier molecular flexibility index (Phi) is 5.68. The largest absolute Gasteiger partial charge is 0.491 e. The van der Waals surface area contributed by atoms with E-state index in [9.17, 15) is 0 Å². The summed E-state index contributed by atoms with van der Waals surface area (Å²) in [5.41, 5.74) is 9.46. The van der Waals surface area contributed by atoms with Gasteiger partial charge in [-0.2, -0.15) is 0 Å². The summed E-state index contributed by atoms with van der Waals surface area (Å²) in [5.74, 6) is 2.18. The second kappa shape index (κ2) is 8.95. The molecule has 2 N–H and O–H groups in total. The first kappa shape index (κ1) is 20.9. The van der Waals surface area contributed by atoms with Crippen LogP contribution in [-0.2, 0) is 4.74 Å². The molecule has 3 fully saturated rings. The Morgan fingerprint density at radius 1 is 1.12 bits per heavy atom. The minimum absolute atomic E-state index is 0.191. The molecular formula is C26H33N5O2. The maximum absolute atomic E-state index is 6.36. The molecule has 3 aromatic rings. The van der Waals surface area contributed by atoms with Crippen LogP contribution in [0, 0.1) is 5.92 Å². The smallest absolute Gasteiger partial charge is 0.146 e. The standard InChI is InChI=1S/C26H33N5O2/c27-25-24-23(19-5-3-7-21(13-19)33-16-22-6-1-2-10-32-22)15-31(26(24)29-17-28-25)20-11-18(12-20)14-30-8-4-9-30/h3,5,7,13,15,17-18,20,22H,1-2,4,6,8-12,14,16H2,(H2,27,28,29)/t18-,20+,22?. The van der Waals surface area contributed by atoms with Gasteiger partial charge in [0.15, 0.2) is 0 Å². The summed E-state index contributed by atoms with van der Waals surface area (Å²) in [5, 5.41) is 0.941. The lowest BCUT2D eigenvalue weighted by molar-refractivity contribution is -0.0110. The van der Waals surface area contributed by atoms with E-state index in [4.69, 9.17) is 15.2 Å². The van der Waals surface area contributed by atoms with E-state index < -0.39 is 0 Å². The first-order chi connectivity index (χ1) is 16.2. The molecule has 33 heavy (non-hydrogen) atoms. The van der Waals surface area contributed by atoms with Crippen molar-refractivity contribution in [3.05, 3.63) is 36.8 Å². The SMILES string of the molecule is Nc1ncnc2c1c(-c1cccc(OCC3CCCCO3)c1)cn2[C@H]1C[C@@H](CN2CCC2)C1. The van der Waals surface area contributed by atoms with E-state index in [1.165, 1.54) is 45.3 Å². The van der Waals surface area contributed by atoms with Gasteiger partial charge in [0, 0.05) is 31.0 Å². The average molecular weight is 448 g/mol. The van der Waals surface area contributed by atoms with Crippen molar-refractivity contribution in [3.63, 3.8) is 0 Å². The van der Waals surface area contributed by atoms with Crippen molar-refractivity contribution in [2.24, 2.45) is 5.92 Å². The van der Waals surface area contributed by atoms with Gasteiger partial charge < -0.3 is 24.7 Å². The maximum atomic E-state index is 6.36. The van der Waals surface area contributed by atoms with E-state index >= 15 is 0 Å². The predicted octanol–water partition coefficient (Wildman–Crippen LogP) is 4.29. The van der Waals surface area contributed by atoms with Gasteiger partial charge in [0.2, 0.25) is 0 Å². The molecule has 7 heteroatoms. The molecule has 2 saturated heterocycles. The third-order valence-electron chi connectivity index (χ3n) is 7.56. The van der Waals surface area contributed by atoms with E-state index in [1.807, 2.05) is 12.1 Å². The van der Waals surface area contributed by atoms with Crippen LogP contribution in [0.1, 0.15) is 44.6 Å². The maximum Gasteiger partial charge on any atom is 0.146 e. The monoisotopic (exact) mass is 447 g/mol. The van der Waals surface area contributed by atoms with Crippen LogP contribution in [0.25, 0.3) is 22.2 Å². The molecular weight excluding hydrogens is 414 g/mol. The zero-order valence-electron chi connectivity index (χ0n) is 19.2. The van der Waals surface area contributed by atoms with Gasteiger partial charge in [-0.15, -0.1) is 0 Å². The first-order valence-electron chi connectivity index (χ1n) is 12.4. The summed E-state index contributed by atoms with van der Waals surface area (Å²) < 4.78 is 14.3. The second-order valence-electron chi connectivity index (χ2n) is 9.88. The summed E-state index contributed by atoms with van der Waals surface area (Å²) in [6.07, 6.45) is 11.2. The first-order valence-corrected chi connectivity index (χ1v) is 12.4. The average Bonchev–Trinajstić information content (AvgIpc) is 3.17. The van der Waals surface area contributed by atoms with Gasteiger partial charge in [-0.25, -0.2) is 9.97 Å². The number of hydrogen-bond donors (Lipinski definition) is 1. The molecule has 2 aromatic heterocycles. The van der Waals surface area contributed by atoms with Gasteiger partial charge >= 0.3 is 0 Å². The lowest BCUT2D eigenvalue weighted by Gasteiger charge is -2.42. The minimum Gasteiger partial charge on any atom is -0.491 e. The minimum atomic E-state index is 0.191. The van der Waals surface area contributed by atoms with Crippen LogP contribution in [0.2, 0.25) is 0 Å². The number of hydrogen-bond acceptors (Lipinski definition) is 6. The number of ether oxygens (including phenoxy) is 2. The summed E-state index contributed by atoms with van der Waals surface area (Å²) in [6.45, 7) is 5.22. The molecule has 1 aliphatic carbocycles. The molecule has 2 aliphatic heterocycles. The number of nitrogens with zero attached hydrogens (tertiary/aromatic N) is 4. The van der Waals surface area contributed by atoms with E-state index in [0.29, 0.717) is 18.5 Å². The summed E-state index contributed by atoms with van der Waals surface area (Å²) in [7, 11) is 0. The highest BCUT2D eigenvalue weighted by Gasteiger charge is 2.34. The number of aromatic nitrogens is 3. The molecule has 1 aromatic carbocycles. The summed E-state index contributed by atoms with van der Waals surface area (Å²) >= 11 is 0. The quantitative estimate of drug-likeness (QED) is 0.582. The third-order valence-corrected chi connectivity index (χ3v) is 7.56. The molecule has 7 nitrogen and oxygen atoms in total. The van der Waals surface area contributed by atoms with Gasteiger partial charge in [0.25, 0.3) is 0 Å². The second-order valence-corrected chi connectivity index (χ2v) is 9.88. The molecule has 1 saturated carbocycles. The van der Waals surface area contributed by atoms with E-state index in [0.717, 1.165) is 53.3 Å². The van der Waals surface area contributed by atoms with E-state index in [-0.39, 0.29) is 6.10 Å². The number of rotatable bonds is 7. The van der Waals surface area contributed by atoms with Crippen LogP contribution in [0.3, 0.4) is 0 Å². The van der Waals surface area contributed by atoms with Crippen molar-refractivity contribution in [1.82, 2.24) is 19.4 Å². The number of fused-ring (bicyclic) bond motifs is 1. The topological polar surface area (TPSA) is 78.4 Å². The van der Waals surface area contributed by atoms with Crippen molar-refractivity contribution in [2.45, 2.75) is 50.7 Å². The highest BCUT2D eigenvalue weighted by atomic mass is 16.5. The zero-order valence-corrected chi connectivity index (χ0v) is 19.2. The van der Waals surface area contributed by atoms with Crippen molar-refractivity contribution in [1.29, 1.82) is 0 Å². The third kappa shape index (κ3) is 4.20. The van der Waals surface area contributed by atoms with Crippen molar-refractivity contribution >= 4 is 16.9 Å². The number of benzene rings is 1. The molecule has 4 heterocycles. The Labute approximate surface area is 194 Å². The molecule has 0 amide bonds. The molecule has 0 spiro atoms. The van der Waals surface area contributed by atoms with Crippen molar-refractivity contribution in [3.8, 4) is 16.9 Å². The fourth-order valence-electron chi connectivity index (χ4n) is 5.49. The van der Waals surface area contributed by atoms with Gasteiger partial charge in [-0.3, -0.25) is 0 Å². The predicted molar refractivity (Wildman–Crippen MR) is 129 cm³/mol. The van der Waals surface area contributed by atoms with Crippen LogP contribution in [0.5, 0.6) is 5.75 Å². The fraction of sp³-hybridized carbons (Fsp3) is 0.538. The van der Waals surface area contributed by atoms with Crippen molar-refractivity contribution in [2.75, 3.05) is 38.6 Å². The number of anilines is 1. The van der Waals surface area contributed by atoms with Crippen LogP contribution >= 0.6 is 0 Å². The molecule has 3 aliphatic rings. The normalized spacial score (nSPS) is 25.5. The summed E-state index contributed by atoms with van der Waals surface area (Å²) in [6, 6.07) is 8.74. The van der Waals surface area contributed by atoms with Crippen molar-refractivity contribution < 1.29 is 9.47 Å². The Balaban J connectivity index is 1.24. The molecule has 1 atom stereocenters. The zero-order chi connectivity index (χ0) is 22.2. The number of nitrogen functional groups attached to an aromatic ring is 1. The molecule has 0 bridgehead atoms. The Morgan fingerprint density at radius 2 is 2.03 bits per heavy atom. The van der Waals surface area contributed by atoms with Gasteiger partial charge in [0.05, 0.1) is 11.5 Å². The molecule has 174 valence electrons. The summed E-state index contributed by atoms with van der Waals surface area (Å²) in [4.78, 5) is 11.5. The highest BCUT2D eigenvalue weighted by Crippen LogP contribution is 2.43. The van der Waals surface area contributed by atoms with Crippen LogP contribution in [0.15, 0.2) is 36.8 Å². The Morgan fingerprint density at radius 3 is 2.82 bits per heavy atom. The molecule has 6 rings (SSSR count). The number of likely N-dealkylation sites (tertiary alicyclic amines) is 1. The Bertz CT molecular complexity index is 1110. The van der Waals surface area contributed by atoms with Gasteiger partial charge in [-0.05, 0) is 75.2 Å². The Hall–Kier alpha value is -2.64. The highest BCUT2D eigenvalue weighted by molar-refractivity contribution is 6.00. The molecule has 0 radical (unpaired) electrons.